The van der Waals surface area contributed by atoms with Crippen LogP contribution in [0.5, 0.6) is 0 Å². The van der Waals surface area contributed by atoms with Crippen LogP contribution in [0.4, 0.5) is 0 Å². The van der Waals surface area contributed by atoms with E-state index in [1.165, 1.54) is 32.9 Å². The van der Waals surface area contributed by atoms with Crippen LogP contribution in [0.3, 0.4) is 0 Å². The first-order chi connectivity index (χ1) is 10.1. The molecule has 0 saturated carbocycles. The molecule has 1 aliphatic heterocycles. The van der Waals surface area contributed by atoms with Gasteiger partial charge in [-0.1, -0.05) is 29.8 Å². The zero-order valence-corrected chi connectivity index (χ0v) is 14.0. The normalized spacial score (nSPS) is 17.6. The first-order valence-electron chi connectivity index (χ1n) is 7.35. The molecule has 0 aliphatic carbocycles. The van der Waals surface area contributed by atoms with Gasteiger partial charge in [-0.2, -0.15) is 0 Å². The van der Waals surface area contributed by atoms with E-state index in [0.717, 1.165) is 18.0 Å². The molecular weight excluding hydrogens is 298 g/mol. The Balaban J connectivity index is 1.74. The molecule has 110 valence electrons. The van der Waals surface area contributed by atoms with Crippen LogP contribution in [0.25, 0.3) is 0 Å². The van der Waals surface area contributed by atoms with Crippen molar-refractivity contribution in [1.29, 1.82) is 0 Å². The molecule has 0 radical (unpaired) electrons. The van der Waals surface area contributed by atoms with Crippen LogP contribution in [0.2, 0.25) is 5.02 Å². The van der Waals surface area contributed by atoms with E-state index in [1.807, 2.05) is 17.8 Å². The van der Waals surface area contributed by atoms with Gasteiger partial charge in [0.15, 0.2) is 0 Å². The summed E-state index contributed by atoms with van der Waals surface area (Å²) in [6.45, 7) is 5.23. The Morgan fingerprint density at radius 1 is 1.14 bits per heavy atom. The second kappa shape index (κ2) is 6.43. The minimum Gasteiger partial charge on any atom is -0.306 e. The maximum Gasteiger partial charge on any atom is 0.0410 e. The van der Waals surface area contributed by atoms with E-state index in [4.69, 9.17) is 11.6 Å². The van der Waals surface area contributed by atoms with Crippen molar-refractivity contribution in [3.05, 3.63) is 63.7 Å². The highest BCUT2D eigenvalue weighted by atomic mass is 35.5. The summed E-state index contributed by atoms with van der Waals surface area (Å²) in [5.74, 6) is 1.17. The molecule has 0 amide bonds. The molecule has 0 fully saturated rings. The number of rotatable bonds is 3. The Hall–Kier alpha value is -0.960. The lowest BCUT2D eigenvalue weighted by Crippen LogP contribution is -2.24. The SMILES string of the molecule is Cc1ccc(CNC2CCSc3ccc(Cl)cc32)cc1C. The second-order valence-corrected chi connectivity index (χ2v) is 7.24. The third kappa shape index (κ3) is 3.45. The van der Waals surface area contributed by atoms with Crippen molar-refractivity contribution in [2.75, 3.05) is 5.75 Å². The van der Waals surface area contributed by atoms with Gasteiger partial charge in [0.05, 0.1) is 0 Å². The maximum absolute atomic E-state index is 6.16. The summed E-state index contributed by atoms with van der Waals surface area (Å²) in [4.78, 5) is 1.36. The number of hydrogen-bond acceptors (Lipinski definition) is 2. The molecule has 1 unspecified atom stereocenters. The molecule has 1 atom stereocenters. The molecule has 0 bridgehead atoms. The van der Waals surface area contributed by atoms with Crippen LogP contribution in [0.15, 0.2) is 41.3 Å². The third-order valence-electron chi connectivity index (χ3n) is 4.14. The number of thioether (sulfide) groups is 1. The zero-order valence-electron chi connectivity index (χ0n) is 12.4. The molecule has 1 aliphatic rings. The van der Waals surface area contributed by atoms with E-state index < -0.39 is 0 Å². The number of aryl methyl sites for hydroxylation is 2. The highest BCUT2D eigenvalue weighted by Crippen LogP contribution is 2.37. The number of benzene rings is 2. The fourth-order valence-electron chi connectivity index (χ4n) is 2.73. The maximum atomic E-state index is 6.16. The Morgan fingerprint density at radius 3 is 2.81 bits per heavy atom. The fraction of sp³-hybridized carbons (Fsp3) is 0.333. The van der Waals surface area contributed by atoms with Gasteiger partial charge in [0.1, 0.15) is 0 Å². The highest BCUT2D eigenvalue weighted by molar-refractivity contribution is 7.99. The summed E-state index contributed by atoms with van der Waals surface area (Å²) < 4.78 is 0. The van der Waals surface area contributed by atoms with Crippen LogP contribution >= 0.6 is 23.4 Å². The van der Waals surface area contributed by atoms with Crippen molar-refractivity contribution < 1.29 is 0 Å². The van der Waals surface area contributed by atoms with Gasteiger partial charge in [-0.25, -0.2) is 0 Å². The molecule has 1 nitrogen and oxygen atoms in total. The topological polar surface area (TPSA) is 12.0 Å². The zero-order chi connectivity index (χ0) is 14.8. The average Bonchev–Trinajstić information content (AvgIpc) is 2.48. The van der Waals surface area contributed by atoms with E-state index in [-0.39, 0.29) is 0 Å². The van der Waals surface area contributed by atoms with Gasteiger partial charge in [-0.3, -0.25) is 0 Å². The number of nitrogens with one attached hydrogen (secondary N) is 1. The van der Waals surface area contributed by atoms with Gasteiger partial charge in [-0.15, -0.1) is 11.8 Å². The largest absolute Gasteiger partial charge is 0.306 e. The van der Waals surface area contributed by atoms with Gasteiger partial charge in [0.25, 0.3) is 0 Å². The van der Waals surface area contributed by atoms with Gasteiger partial charge >= 0.3 is 0 Å². The molecule has 1 N–H and O–H groups in total. The second-order valence-electron chi connectivity index (χ2n) is 5.67. The molecular formula is C18H20ClNS. The Bertz CT molecular complexity index is 654. The number of fused-ring (bicyclic) bond motifs is 1. The first kappa shape index (κ1) is 15.0. The van der Waals surface area contributed by atoms with Crippen LogP contribution < -0.4 is 5.32 Å². The summed E-state index contributed by atoms with van der Waals surface area (Å²) in [7, 11) is 0. The van der Waals surface area contributed by atoms with Crippen molar-refractivity contribution in [3.63, 3.8) is 0 Å². The van der Waals surface area contributed by atoms with E-state index >= 15 is 0 Å². The lowest BCUT2D eigenvalue weighted by Gasteiger charge is -2.26. The number of hydrogen-bond donors (Lipinski definition) is 1. The van der Waals surface area contributed by atoms with Crippen molar-refractivity contribution >= 4 is 23.4 Å². The summed E-state index contributed by atoms with van der Waals surface area (Å²) in [5.41, 5.74) is 5.41. The van der Waals surface area contributed by atoms with Crippen molar-refractivity contribution in [2.24, 2.45) is 0 Å². The average molecular weight is 318 g/mol. The smallest absolute Gasteiger partial charge is 0.0410 e. The quantitative estimate of drug-likeness (QED) is 0.826. The van der Waals surface area contributed by atoms with Crippen LogP contribution in [0, 0.1) is 13.8 Å². The monoisotopic (exact) mass is 317 g/mol. The van der Waals surface area contributed by atoms with Crippen molar-refractivity contribution in [3.8, 4) is 0 Å². The van der Waals surface area contributed by atoms with Gasteiger partial charge in [0.2, 0.25) is 0 Å². The van der Waals surface area contributed by atoms with Gasteiger partial charge in [-0.05, 0) is 66.5 Å². The van der Waals surface area contributed by atoms with Crippen LogP contribution in [-0.4, -0.2) is 5.75 Å². The Labute approximate surface area is 136 Å². The molecule has 3 rings (SSSR count). The molecule has 0 saturated heterocycles. The lowest BCUT2D eigenvalue weighted by molar-refractivity contribution is 0.510. The lowest BCUT2D eigenvalue weighted by atomic mass is 10.0. The van der Waals surface area contributed by atoms with Gasteiger partial charge < -0.3 is 5.32 Å². The van der Waals surface area contributed by atoms with E-state index in [9.17, 15) is 0 Å². The van der Waals surface area contributed by atoms with Gasteiger partial charge in [0, 0.05) is 22.5 Å². The predicted octanol–water partition coefficient (Wildman–Crippen LogP) is 5.28. The molecule has 3 heteroatoms. The predicted molar refractivity (Wildman–Crippen MR) is 92.3 cm³/mol. The summed E-state index contributed by atoms with van der Waals surface area (Å²) in [6.07, 6.45) is 1.16. The summed E-state index contributed by atoms with van der Waals surface area (Å²) in [6, 6.07) is 13.3. The molecule has 21 heavy (non-hydrogen) atoms. The molecule has 0 aromatic heterocycles. The molecule has 2 aromatic carbocycles. The van der Waals surface area contributed by atoms with E-state index in [2.05, 4.69) is 49.5 Å². The fourth-order valence-corrected chi connectivity index (χ4v) is 4.02. The minimum absolute atomic E-state index is 0.404. The first-order valence-corrected chi connectivity index (χ1v) is 8.71. The Kier molecular flexibility index (Phi) is 4.58. The number of halogens is 1. The minimum atomic E-state index is 0.404. The van der Waals surface area contributed by atoms with Crippen LogP contribution in [0.1, 0.15) is 34.7 Å². The van der Waals surface area contributed by atoms with E-state index in [0.29, 0.717) is 6.04 Å². The van der Waals surface area contributed by atoms with Crippen LogP contribution in [-0.2, 0) is 6.54 Å². The molecule has 0 spiro atoms. The van der Waals surface area contributed by atoms with Crippen molar-refractivity contribution in [2.45, 2.75) is 37.8 Å². The molecule has 2 aromatic rings. The summed E-state index contributed by atoms with van der Waals surface area (Å²) >= 11 is 8.09. The summed E-state index contributed by atoms with van der Waals surface area (Å²) in [5, 5.41) is 4.52. The van der Waals surface area contributed by atoms with Crippen molar-refractivity contribution in [1.82, 2.24) is 5.32 Å². The third-order valence-corrected chi connectivity index (χ3v) is 5.49. The highest BCUT2D eigenvalue weighted by Gasteiger charge is 2.20. The Morgan fingerprint density at radius 2 is 2.00 bits per heavy atom. The molecule has 1 heterocycles. The van der Waals surface area contributed by atoms with E-state index in [1.54, 1.807) is 0 Å². The standard InChI is InChI=1S/C18H20ClNS/c1-12-3-4-14(9-13(12)2)11-20-17-7-8-21-18-6-5-15(19)10-16(17)18/h3-6,9-10,17,20H,7-8,11H2,1-2H3.